The number of benzene rings is 2. The Morgan fingerprint density at radius 3 is 2.42 bits per heavy atom. The average Bonchev–Trinajstić information content (AvgIpc) is 2.39. The molecule has 1 unspecified atom stereocenters. The summed E-state index contributed by atoms with van der Waals surface area (Å²) in [7, 11) is 1.69. The van der Waals surface area contributed by atoms with Crippen LogP contribution < -0.4 is 10.1 Å². The fourth-order valence-electron chi connectivity index (χ4n) is 1.96. The Balaban J connectivity index is 2.20. The number of anilines is 1. The molecule has 2 aromatic rings. The number of rotatable bonds is 4. The summed E-state index contributed by atoms with van der Waals surface area (Å²) >= 11 is 3.49. The molecule has 3 heteroatoms. The Kier molecular flexibility index (Phi) is 4.48. The minimum absolute atomic E-state index is 0.226. The first-order valence-electron chi connectivity index (χ1n) is 6.27. The van der Waals surface area contributed by atoms with Crippen LogP contribution in [0.1, 0.15) is 24.1 Å². The van der Waals surface area contributed by atoms with Crippen molar-refractivity contribution >= 4 is 21.6 Å². The maximum Gasteiger partial charge on any atom is 0.142 e. The third kappa shape index (κ3) is 3.51. The van der Waals surface area contributed by atoms with Crippen LogP contribution in [0.4, 0.5) is 5.69 Å². The van der Waals surface area contributed by atoms with E-state index in [1.54, 1.807) is 7.11 Å². The van der Waals surface area contributed by atoms with Gasteiger partial charge in [0, 0.05) is 10.5 Å². The monoisotopic (exact) mass is 319 g/mol. The van der Waals surface area contributed by atoms with Crippen molar-refractivity contribution in [1.29, 1.82) is 0 Å². The van der Waals surface area contributed by atoms with E-state index in [-0.39, 0.29) is 6.04 Å². The van der Waals surface area contributed by atoms with Gasteiger partial charge in [-0.05, 0) is 37.6 Å². The average molecular weight is 320 g/mol. The lowest BCUT2D eigenvalue weighted by molar-refractivity contribution is 0.416. The van der Waals surface area contributed by atoms with E-state index in [0.717, 1.165) is 15.9 Å². The Morgan fingerprint density at radius 2 is 1.79 bits per heavy atom. The Morgan fingerprint density at radius 1 is 1.11 bits per heavy atom. The summed E-state index contributed by atoms with van der Waals surface area (Å²) in [4.78, 5) is 0. The van der Waals surface area contributed by atoms with Gasteiger partial charge in [-0.2, -0.15) is 0 Å². The summed E-state index contributed by atoms with van der Waals surface area (Å²) in [5.41, 5.74) is 3.52. The Bertz CT molecular complexity index is 551. The molecule has 2 rings (SSSR count). The number of ether oxygens (including phenoxy) is 1. The van der Waals surface area contributed by atoms with Gasteiger partial charge in [-0.3, -0.25) is 0 Å². The fraction of sp³-hybridized carbons (Fsp3) is 0.250. The van der Waals surface area contributed by atoms with Crippen LogP contribution in [0.15, 0.2) is 46.9 Å². The first-order valence-corrected chi connectivity index (χ1v) is 7.06. The third-order valence-electron chi connectivity index (χ3n) is 3.11. The molecule has 2 aromatic carbocycles. The molecule has 0 fully saturated rings. The molecule has 0 amide bonds. The Hall–Kier alpha value is -1.48. The molecule has 0 saturated heterocycles. The number of methoxy groups -OCH3 is 1. The largest absolute Gasteiger partial charge is 0.495 e. The maximum atomic E-state index is 5.37. The fourth-order valence-corrected chi connectivity index (χ4v) is 2.33. The van der Waals surface area contributed by atoms with Crippen molar-refractivity contribution in [2.24, 2.45) is 0 Å². The first kappa shape index (κ1) is 13.9. The van der Waals surface area contributed by atoms with Gasteiger partial charge in [0.15, 0.2) is 0 Å². The minimum atomic E-state index is 0.226. The number of hydrogen-bond donors (Lipinski definition) is 1. The lowest BCUT2D eigenvalue weighted by Gasteiger charge is -2.18. The molecule has 2 nitrogen and oxygen atoms in total. The summed E-state index contributed by atoms with van der Waals surface area (Å²) in [6, 6.07) is 14.7. The van der Waals surface area contributed by atoms with E-state index in [2.05, 4.69) is 59.4 Å². The quantitative estimate of drug-likeness (QED) is 0.861. The molecular weight excluding hydrogens is 302 g/mol. The highest BCUT2D eigenvalue weighted by Crippen LogP contribution is 2.31. The molecule has 1 atom stereocenters. The van der Waals surface area contributed by atoms with E-state index in [1.807, 2.05) is 18.2 Å². The van der Waals surface area contributed by atoms with Crippen LogP contribution in [0.5, 0.6) is 5.75 Å². The zero-order chi connectivity index (χ0) is 13.8. The summed E-state index contributed by atoms with van der Waals surface area (Å²) in [6.45, 7) is 4.24. The van der Waals surface area contributed by atoms with Crippen LogP contribution in [-0.4, -0.2) is 7.11 Å². The van der Waals surface area contributed by atoms with Crippen LogP contribution in [0.25, 0.3) is 0 Å². The van der Waals surface area contributed by atoms with Crippen molar-refractivity contribution in [2.45, 2.75) is 19.9 Å². The second kappa shape index (κ2) is 6.11. The zero-order valence-electron chi connectivity index (χ0n) is 11.4. The molecule has 19 heavy (non-hydrogen) atoms. The van der Waals surface area contributed by atoms with Gasteiger partial charge in [0.25, 0.3) is 0 Å². The highest BCUT2D eigenvalue weighted by atomic mass is 79.9. The smallest absolute Gasteiger partial charge is 0.142 e. The SMILES string of the molecule is COc1ccc(Br)cc1NC(C)c1ccc(C)cc1. The van der Waals surface area contributed by atoms with Crippen molar-refractivity contribution in [1.82, 2.24) is 0 Å². The lowest BCUT2D eigenvalue weighted by atomic mass is 10.1. The number of hydrogen-bond acceptors (Lipinski definition) is 2. The molecule has 100 valence electrons. The number of nitrogens with one attached hydrogen (secondary N) is 1. The topological polar surface area (TPSA) is 21.3 Å². The van der Waals surface area contributed by atoms with Gasteiger partial charge in [0.2, 0.25) is 0 Å². The summed E-state index contributed by atoms with van der Waals surface area (Å²) < 4.78 is 6.41. The molecule has 0 bridgehead atoms. The van der Waals surface area contributed by atoms with Gasteiger partial charge in [-0.25, -0.2) is 0 Å². The maximum absolute atomic E-state index is 5.37. The lowest BCUT2D eigenvalue weighted by Crippen LogP contribution is -2.07. The van der Waals surface area contributed by atoms with Crippen molar-refractivity contribution in [3.8, 4) is 5.75 Å². The van der Waals surface area contributed by atoms with E-state index >= 15 is 0 Å². The van der Waals surface area contributed by atoms with Crippen LogP contribution >= 0.6 is 15.9 Å². The summed E-state index contributed by atoms with van der Waals surface area (Å²) in [5, 5.41) is 3.48. The van der Waals surface area contributed by atoms with Gasteiger partial charge < -0.3 is 10.1 Å². The minimum Gasteiger partial charge on any atom is -0.495 e. The van der Waals surface area contributed by atoms with Crippen LogP contribution in [0.2, 0.25) is 0 Å². The normalized spacial score (nSPS) is 12.0. The zero-order valence-corrected chi connectivity index (χ0v) is 13.0. The highest BCUT2D eigenvalue weighted by Gasteiger charge is 2.09. The molecule has 0 spiro atoms. The molecule has 0 aliphatic rings. The van der Waals surface area contributed by atoms with E-state index in [1.165, 1.54) is 11.1 Å². The van der Waals surface area contributed by atoms with Crippen molar-refractivity contribution in [3.05, 3.63) is 58.1 Å². The highest BCUT2D eigenvalue weighted by molar-refractivity contribution is 9.10. The van der Waals surface area contributed by atoms with Crippen LogP contribution in [-0.2, 0) is 0 Å². The van der Waals surface area contributed by atoms with E-state index in [0.29, 0.717) is 0 Å². The van der Waals surface area contributed by atoms with Crippen LogP contribution in [0, 0.1) is 6.92 Å². The van der Waals surface area contributed by atoms with Gasteiger partial charge >= 0.3 is 0 Å². The summed E-state index contributed by atoms with van der Waals surface area (Å²) in [6.07, 6.45) is 0. The molecule has 0 saturated carbocycles. The molecular formula is C16H18BrNO. The molecule has 0 aliphatic carbocycles. The van der Waals surface area contributed by atoms with E-state index in [9.17, 15) is 0 Å². The van der Waals surface area contributed by atoms with Gasteiger partial charge in [0.05, 0.1) is 12.8 Å². The standard InChI is InChI=1S/C16H18BrNO/c1-11-4-6-13(7-5-11)12(2)18-15-10-14(17)8-9-16(15)19-3/h4-10,12,18H,1-3H3. The Labute approximate surface area is 122 Å². The van der Waals surface area contributed by atoms with Gasteiger partial charge in [-0.1, -0.05) is 45.8 Å². The molecule has 0 aliphatic heterocycles. The second-order valence-corrected chi connectivity index (χ2v) is 5.54. The number of halogens is 1. The van der Waals surface area contributed by atoms with Crippen molar-refractivity contribution in [2.75, 3.05) is 12.4 Å². The molecule has 1 N–H and O–H groups in total. The predicted octanol–water partition coefficient (Wildman–Crippen LogP) is 4.94. The van der Waals surface area contributed by atoms with Gasteiger partial charge in [-0.15, -0.1) is 0 Å². The van der Waals surface area contributed by atoms with Gasteiger partial charge in [0.1, 0.15) is 5.75 Å². The van der Waals surface area contributed by atoms with Crippen LogP contribution in [0.3, 0.4) is 0 Å². The molecule has 0 radical (unpaired) electrons. The third-order valence-corrected chi connectivity index (χ3v) is 3.60. The van der Waals surface area contributed by atoms with Crippen molar-refractivity contribution in [3.63, 3.8) is 0 Å². The molecule has 0 heterocycles. The molecule has 0 aromatic heterocycles. The summed E-state index contributed by atoms with van der Waals surface area (Å²) in [5.74, 6) is 0.849. The predicted molar refractivity (Wildman–Crippen MR) is 83.9 cm³/mol. The van der Waals surface area contributed by atoms with E-state index < -0.39 is 0 Å². The van der Waals surface area contributed by atoms with E-state index in [4.69, 9.17) is 4.74 Å². The first-order chi connectivity index (χ1) is 9.10. The van der Waals surface area contributed by atoms with Crippen molar-refractivity contribution < 1.29 is 4.74 Å². The number of aryl methyl sites for hydroxylation is 1. The second-order valence-electron chi connectivity index (χ2n) is 4.62.